The van der Waals surface area contributed by atoms with Crippen LogP contribution in [0.4, 0.5) is 0 Å². The lowest BCUT2D eigenvalue weighted by atomic mass is 9.83. The van der Waals surface area contributed by atoms with Crippen molar-refractivity contribution in [3.63, 3.8) is 0 Å². The molecule has 0 aromatic heterocycles. The third kappa shape index (κ3) is 3.07. The molecule has 1 aliphatic carbocycles. The molecule has 1 fully saturated rings. The van der Waals surface area contributed by atoms with Gasteiger partial charge in [0.25, 0.3) is 0 Å². The van der Waals surface area contributed by atoms with Crippen LogP contribution >= 0.6 is 0 Å². The molecule has 0 spiro atoms. The maximum atomic E-state index is 6.71. The molecule has 1 aromatic rings. The van der Waals surface area contributed by atoms with Gasteiger partial charge < -0.3 is 5.73 Å². The summed E-state index contributed by atoms with van der Waals surface area (Å²) in [4.78, 5) is 2.61. The van der Waals surface area contributed by atoms with E-state index in [0.717, 1.165) is 19.5 Å². The predicted molar refractivity (Wildman–Crippen MR) is 87.0 cm³/mol. The Bertz CT molecular complexity index is 417. The van der Waals surface area contributed by atoms with Gasteiger partial charge in [0.2, 0.25) is 0 Å². The molecule has 2 N–H and O–H groups in total. The van der Waals surface area contributed by atoms with Gasteiger partial charge in [-0.3, -0.25) is 4.90 Å². The Balaban J connectivity index is 2.17. The summed E-state index contributed by atoms with van der Waals surface area (Å²) < 4.78 is 0. The Hall–Kier alpha value is -0.860. The molecular formula is C18H30N2. The number of hydrogen-bond acceptors (Lipinski definition) is 2. The standard InChI is InChI=1S/C18H30N2/c1-4-20(5-2)18(11-6-7-12-18)17(19)14-16-10-8-9-15(3)13-16/h8-10,13,17H,4-7,11-12,14,19H2,1-3H3. The maximum Gasteiger partial charge on any atom is 0.0363 e. The molecule has 2 heteroatoms. The summed E-state index contributed by atoms with van der Waals surface area (Å²) in [5.41, 5.74) is 9.65. The van der Waals surface area contributed by atoms with Gasteiger partial charge >= 0.3 is 0 Å². The van der Waals surface area contributed by atoms with Crippen LogP contribution in [0.5, 0.6) is 0 Å². The summed E-state index contributed by atoms with van der Waals surface area (Å²) in [6.45, 7) is 8.91. The molecule has 0 amide bonds. The number of nitrogens with two attached hydrogens (primary N) is 1. The van der Waals surface area contributed by atoms with E-state index in [9.17, 15) is 0 Å². The van der Waals surface area contributed by atoms with Gasteiger partial charge in [-0.15, -0.1) is 0 Å². The molecule has 1 saturated carbocycles. The van der Waals surface area contributed by atoms with Crippen molar-refractivity contribution in [2.75, 3.05) is 13.1 Å². The molecule has 1 aromatic carbocycles. The highest BCUT2D eigenvalue weighted by Crippen LogP contribution is 2.38. The molecule has 0 radical (unpaired) electrons. The first kappa shape index (κ1) is 15.5. The highest BCUT2D eigenvalue weighted by Gasteiger charge is 2.43. The predicted octanol–water partition coefficient (Wildman–Crippen LogP) is 3.52. The Morgan fingerprint density at radius 1 is 1.20 bits per heavy atom. The van der Waals surface area contributed by atoms with Gasteiger partial charge in [0.15, 0.2) is 0 Å². The molecule has 0 bridgehead atoms. The molecule has 2 nitrogen and oxygen atoms in total. The zero-order valence-electron chi connectivity index (χ0n) is 13.4. The van der Waals surface area contributed by atoms with Crippen molar-refractivity contribution < 1.29 is 0 Å². The van der Waals surface area contributed by atoms with Crippen LogP contribution in [-0.4, -0.2) is 29.6 Å². The lowest BCUT2D eigenvalue weighted by molar-refractivity contribution is 0.0772. The van der Waals surface area contributed by atoms with Crippen LogP contribution in [0.3, 0.4) is 0 Å². The number of hydrogen-bond donors (Lipinski definition) is 1. The van der Waals surface area contributed by atoms with Gasteiger partial charge in [0.1, 0.15) is 0 Å². The fraction of sp³-hybridized carbons (Fsp3) is 0.667. The Kier molecular flexibility index (Phi) is 5.22. The number of likely N-dealkylation sites (N-methyl/N-ethyl adjacent to an activating group) is 1. The minimum atomic E-state index is 0.229. The Morgan fingerprint density at radius 2 is 1.85 bits per heavy atom. The minimum Gasteiger partial charge on any atom is -0.326 e. The van der Waals surface area contributed by atoms with Gasteiger partial charge in [0.05, 0.1) is 0 Å². The lowest BCUT2D eigenvalue weighted by Gasteiger charge is -2.45. The van der Waals surface area contributed by atoms with Crippen molar-refractivity contribution >= 4 is 0 Å². The molecule has 0 saturated heterocycles. The van der Waals surface area contributed by atoms with E-state index in [-0.39, 0.29) is 11.6 Å². The third-order valence-corrected chi connectivity index (χ3v) is 5.09. The fourth-order valence-corrected chi connectivity index (χ4v) is 4.05. The number of aryl methyl sites for hydroxylation is 1. The summed E-state index contributed by atoms with van der Waals surface area (Å²) in [6, 6.07) is 9.05. The second-order valence-electron chi connectivity index (χ2n) is 6.28. The van der Waals surface area contributed by atoms with E-state index in [4.69, 9.17) is 5.73 Å². The first-order valence-corrected chi connectivity index (χ1v) is 8.18. The lowest BCUT2D eigenvalue weighted by Crippen LogP contribution is -2.59. The van der Waals surface area contributed by atoms with E-state index in [2.05, 4.69) is 49.9 Å². The highest BCUT2D eigenvalue weighted by atomic mass is 15.2. The number of nitrogens with zero attached hydrogens (tertiary/aromatic N) is 1. The molecule has 1 aliphatic rings. The minimum absolute atomic E-state index is 0.229. The fourth-order valence-electron chi connectivity index (χ4n) is 4.05. The van der Waals surface area contributed by atoms with Crippen molar-refractivity contribution in [1.29, 1.82) is 0 Å². The quantitative estimate of drug-likeness (QED) is 0.860. The average Bonchev–Trinajstić information content (AvgIpc) is 2.91. The van der Waals surface area contributed by atoms with E-state index in [1.165, 1.54) is 36.8 Å². The normalized spacial score (nSPS) is 19.4. The van der Waals surface area contributed by atoms with Crippen LogP contribution in [0, 0.1) is 6.92 Å². The first-order chi connectivity index (χ1) is 9.62. The zero-order chi connectivity index (χ0) is 14.6. The molecular weight excluding hydrogens is 244 g/mol. The van der Waals surface area contributed by atoms with Crippen molar-refractivity contribution in [3.05, 3.63) is 35.4 Å². The van der Waals surface area contributed by atoms with Crippen LogP contribution in [0.2, 0.25) is 0 Å². The van der Waals surface area contributed by atoms with E-state index < -0.39 is 0 Å². The van der Waals surface area contributed by atoms with Crippen molar-refractivity contribution in [2.45, 2.75) is 64.5 Å². The summed E-state index contributed by atoms with van der Waals surface area (Å²) in [5, 5.41) is 0. The molecule has 1 atom stereocenters. The largest absolute Gasteiger partial charge is 0.326 e. The van der Waals surface area contributed by atoms with Crippen LogP contribution in [0.25, 0.3) is 0 Å². The molecule has 20 heavy (non-hydrogen) atoms. The smallest absolute Gasteiger partial charge is 0.0363 e. The summed E-state index contributed by atoms with van der Waals surface area (Å²) in [6.07, 6.45) is 6.19. The van der Waals surface area contributed by atoms with Crippen LogP contribution in [0.15, 0.2) is 24.3 Å². The topological polar surface area (TPSA) is 29.3 Å². The second-order valence-corrected chi connectivity index (χ2v) is 6.28. The SMILES string of the molecule is CCN(CC)C1(C(N)Cc2cccc(C)c2)CCCC1. The van der Waals surface area contributed by atoms with Crippen molar-refractivity contribution in [3.8, 4) is 0 Å². The summed E-state index contributed by atoms with van der Waals surface area (Å²) >= 11 is 0. The molecule has 0 heterocycles. The monoisotopic (exact) mass is 274 g/mol. The molecule has 1 unspecified atom stereocenters. The molecule has 2 rings (SSSR count). The molecule has 0 aliphatic heterocycles. The summed E-state index contributed by atoms with van der Waals surface area (Å²) in [5.74, 6) is 0. The number of benzene rings is 1. The van der Waals surface area contributed by atoms with Crippen LogP contribution in [0.1, 0.15) is 50.7 Å². The van der Waals surface area contributed by atoms with Gasteiger partial charge in [-0.05, 0) is 44.8 Å². The number of rotatable bonds is 6. The van der Waals surface area contributed by atoms with Crippen molar-refractivity contribution in [1.82, 2.24) is 4.90 Å². The Labute approximate surface area is 124 Å². The van der Waals surface area contributed by atoms with Gasteiger partial charge in [-0.25, -0.2) is 0 Å². The summed E-state index contributed by atoms with van der Waals surface area (Å²) in [7, 11) is 0. The second kappa shape index (κ2) is 6.73. The van der Waals surface area contributed by atoms with E-state index >= 15 is 0 Å². The molecule has 112 valence electrons. The van der Waals surface area contributed by atoms with E-state index in [1.54, 1.807) is 0 Å². The maximum absolute atomic E-state index is 6.71. The van der Waals surface area contributed by atoms with Crippen molar-refractivity contribution in [2.24, 2.45) is 5.73 Å². The van der Waals surface area contributed by atoms with Gasteiger partial charge in [-0.1, -0.05) is 56.5 Å². The van der Waals surface area contributed by atoms with Crippen LogP contribution in [-0.2, 0) is 6.42 Å². The van der Waals surface area contributed by atoms with E-state index in [0.29, 0.717) is 0 Å². The van der Waals surface area contributed by atoms with Crippen LogP contribution < -0.4 is 5.73 Å². The third-order valence-electron chi connectivity index (χ3n) is 5.09. The van der Waals surface area contributed by atoms with E-state index in [1.807, 2.05) is 0 Å². The zero-order valence-corrected chi connectivity index (χ0v) is 13.4. The first-order valence-electron chi connectivity index (χ1n) is 8.18. The highest BCUT2D eigenvalue weighted by molar-refractivity contribution is 5.24. The van der Waals surface area contributed by atoms with Gasteiger partial charge in [0, 0.05) is 11.6 Å². The Morgan fingerprint density at radius 3 is 2.40 bits per heavy atom. The average molecular weight is 274 g/mol. The van der Waals surface area contributed by atoms with Gasteiger partial charge in [-0.2, -0.15) is 0 Å².